The monoisotopic (exact) mass is 573 g/mol. The van der Waals surface area contributed by atoms with E-state index in [9.17, 15) is 22.4 Å². The van der Waals surface area contributed by atoms with E-state index in [4.69, 9.17) is 11.6 Å². The summed E-state index contributed by atoms with van der Waals surface area (Å²) in [6.07, 6.45) is 1.97. The van der Waals surface area contributed by atoms with E-state index in [0.29, 0.717) is 23.6 Å². The molecule has 1 unspecified atom stereocenters. The molecule has 0 aliphatic rings. The van der Waals surface area contributed by atoms with Crippen molar-refractivity contribution in [3.05, 3.63) is 95.3 Å². The number of hydrogen-bond donors (Lipinski definition) is 1. The number of anilines is 1. The first-order chi connectivity index (χ1) is 18.7. The first kappa shape index (κ1) is 30.1. The third-order valence-electron chi connectivity index (χ3n) is 6.19. The van der Waals surface area contributed by atoms with Crippen LogP contribution in [-0.4, -0.2) is 44.3 Å². The maximum absolute atomic E-state index is 13.9. The molecule has 0 bridgehead atoms. The molecule has 39 heavy (non-hydrogen) atoms. The zero-order valence-electron chi connectivity index (χ0n) is 22.0. The second kappa shape index (κ2) is 14.1. The first-order valence-electron chi connectivity index (χ1n) is 12.8. The van der Waals surface area contributed by atoms with Crippen LogP contribution in [0.15, 0.2) is 83.8 Å². The van der Waals surface area contributed by atoms with Crippen molar-refractivity contribution in [2.75, 3.05) is 17.4 Å². The molecule has 3 aromatic carbocycles. The van der Waals surface area contributed by atoms with Gasteiger partial charge in [0.2, 0.25) is 11.8 Å². The van der Waals surface area contributed by atoms with Gasteiger partial charge in [0.15, 0.2) is 0 Å². The number of carbonyl (C=O) groups excluding carboxylic acids is 2. The predicted molar refractivity (Wildman–Crippen MR) is 151 cm³/mol. The lowest BCUT2D eigenvalue weighted by Crippen LogP contribution is -2.52. The Hall–Kier alpha value is -3.43. The lowest BCUT2D eigenvalue weighted by atomic mass is 10.1. The average Bonchev–Trinajstić information content (AvgIpc) is 2.93. The van der Waals surface area contributed by atoms with Gasteiger partial charge in [-0.1, -0.05) is 68.3 Å². The van der Waals surface area contributed by atoms with Gasteiger partial charge in [-0.2, -0.15) is 0 Å². The highest BCUT2D eigenvalue weighted by molar-refractivity contribution is 7.92. The van der Waals surface area contributed by atoms with E-state index >= 15 is 0 Å². The number of rotatable bonds is 13. The molecule has 0 saturated carbocycles. The number of hydrogen-bond acceptors (Lipinski definition) is 4. The van der Waals surface area contributed by atoms with Crippen molar-refractivity contribution < 1.29 is 22.4 Å². The summed E-state index contributed by atoms with van der Waals surface area (Å²) in [5, 5.41) is 3.18. The van der Waals surface area contributed by atoms with Crippen LogP contribution in [0.1, 0.15) is 38.7 Å². The highest BCUT2D eigenvalue weighted by Crippen LogP contribution is 2.27. The van der Waals surface area contributed by atoms with Crippen molar-refractivity contribution in [3.63, 3.8) is 0 Å². The van der Waals surface area contributed by atoms with Crippen LogP contribution in [0.25, 0.3) is 0 Å². The maximum Gasteiger partial charge on any atom is 0.264 e. The smallest absolute Gasteiger partial charge is 0.264 e. The van der Waals surface area contributed by atoms with Crippen LogP contribution in [0, 0.1) is 5.82 Å². The number of halogens is 2. The van der Waals surface area contributed by atoms with Gasteiger partial charge >= 0.3 is 0 Å². The summed E-state index contributed by atoms with van der Waals surface area (Å²) < 4.78 is 42.0. The Kier molecular flexibility index (Phi) is 10.9. The van der Waals surface area contributed by atoms with Gasteiger partial charge in [-0.25, -0.2) is 12.8 Å². The SMILES string of the molecule is CCCCNC(=O)C(CC)N(Cc1ccc(F)cc1)C(=O)CN(c1cccc(Cl)c1)S(=O)(=O)c1ccccc1. The van der Waals surface area contributed by atoms with Crippen molar-refractivity contribution in [3.8, 4) is 0 Å². The largest absolute Gasteiger partial charge is 0.354 e. The summed E-state index contributed by atoms with van der Waals surface area (Å²) in [6, 6.07) is 18.8. The van der Waals surface area contributed by atoms with Crippen molar-refractivity contribution in [1.82, 2.24) is 10.2 Å². The van der Waals surface area contributed by atoms with Gasteiger partial charge in [-0.3, -0.25) is 13.9 Å². The van der Waals surface area contributed by atoms with Crippen LogP contribution >= 0.6 is 11.6 Å². The molecule has 0 spiro atoms. The quantitative estimate of drug-likeness (QED) is 0.277. The van der Waals surface area contributed by atoms with Gasteiger partial charge in [0.05, 0.1) is 10.6 Å². The second-order valence-corrected chi connectivity index (χ2v) is 11.3. The number of nitrogens with one attached hydrogen (secondary N) is 1. The molecule has 3 rings (SSSR count). The summed E-state index contributed by atoms with van der Waals surface area (Å²) in [7, 11) is -4.17. The molecule has 10 heteroatoms. The summed E-state index contributed by atoms with van der Waals surface area (Å²) in [4.78, 5) is 28.4. The number of carbonyl (C=O) groups is 2. The molecule has 0 radical (unpaired) electrons. The molecule has 208 valence electrons. The first-order valence-corrected chi connectivity index (χ1v) is 14.6. The standard InChI is InChI=1S/C29H33ClFN3O4S/c1-3-5-18-32-29(36)27(4-2)33(20-22-14-16-24(31)17-15-22)28(35)21-34(25-11-9-10-23(30)19-25)39(37,38)26-12-7-6-8-13-26/h6-17,19,27H,3-5,18,20-21H2,1-2H3,(H,32,36). The Balaban J connectivity index is 2.02. The zero-order chi connectivity index (χ0) is 28.4. The molecule has 7 nitrogen and oxygen atoms in total. The van der Waals surface area contributed by atoms with Crippen molar-refractivity contribution in [1.29, 1.82) is 0 Å². The predicted octanol–water partition coefficient (Wildman–Crippen LogP) is 5.40. The fourth-order valence-corrected chi connectivity index (χ4v) is 5.70. The fourth-order valence-electron chi connectivity index (χ4n) is 4.09. The number of sulfonamides is 1. The Bertz CT molecular complexity index is 1350. The van der Waals surface area contributed by atoms with Crippen molar-refractivity contribution in [2.45, 2.75) is 50.6 Å². The lowest BCUT2D eigenvalue weighted by Gasteiger charge is -2.33. The molecule has 0 aromatic heterocycles. The topological polar surface area (TPSA) is 86.8 Å². The number of nitrogens with zero attached hydrogens (tertiary/aromatic N) is 2. The highest BCUT2D eigenvalue weighted by Gasteiger charge is 2.33. The fraction of sp³-hybridized carbons (Fsp3) is 0.310. The van der Waals surface area contributed by atoms with Gasteiger partial charge in [-0.05, 0) is 60.9 Å². The zero-order valence-corrected chi connectivity index (χ0v) is 23.6. The van der Waals surface area contributed by atoms with Crippen molar-refractivity contribution in [2.24, 2.45) is 0 Å². The Morgan fingerprint density at radius 2 is 1.67 bits per heavy atom. The van der Waals surface area contributed by atoms with Gasteiger partial charge in [-0.15, -0.1) is 0 Å². The van der Waals surface area contributed by atoms with Gasteiger partial charge < -0.3 is 10.2 Å². The highest BCUT2D eigenvalue weighted by atomic mass is 35.5. The van der Waals surface area contributed by atoms with E-state index in [1.807, 2.05) is 6.92 Å². The second-order valence-electron chi connectivity index (χ2n) is 9.02. The molecule has 0 aliphatic heterocycles. The number of benzene rings is 3. The van der Waals surface area contributed by atoms with Crippen LogP contribution in [-0.2, 0) is 26.2 Å². The number of amides is 2. The third kappa shape index (κ3) is 8.03. The van der Waals surface area contributed by atoms with E-state index in [1.54, 1.807) is 43.3 Å². The van der Waals surface area contributed by atoms with E-state index in [2.05, 4.69) is 5.32 Å². The van der Waals surface area contributed by atoms with Gasteiger partial charge in [0, 0.05) is 18.1 Å². The van der Waals surface area contributed by atoms with E-state index < -0.39 is 34.3 Å². The molecular formula is C29H33ClFN3O4S. The summed E-state index contributed by atoms with van der Waals surface area (Å²) in [5.41, 5.74) is 0.812. The molecule has 0 heterocycles. The minimum absolute atomic E-state index is 0.00636. The summed E-state index contributed by atoms with van der Waals surface area (Å²) >= 11 is 6.18. The normalized spacial score (nSPS) is 12.0. The molecule has 1 N–H and O–H groups in total. The Morgan fingerprint density at radius 1 is 0.974 bits per heavy atom. The van der Waals surface area contributed by atoms with E-state index in [-0.39, 0.29) is 23.0 Å². The average molecular weight is 574 g/mol. The molecule has 2 amide bonds. The summed E-state index contributed by atoms with van der Waals surface area (Å²) in [5.74, 6) is -1.35. The molecule has 3 aromatic rings. The van der Waals surface area contributed by atoms with Crippen molar-refractivity contribution >= 4 is 39.1 Å². The minimum atomic E-state index is -4.17. The maximum atomic E-state index is 13.9. The van der Waals surface area contributed by atoms with Crippen LogP contribution in [0.4, 0.5) is 10.1 Å². The minimum Gasteiger partial charge on any atom is -0.354 e. The summed E-state index contributed by atoms with van der Waals surface area (Å²) in [6.45, 7) is 3.67. The van der Waals surface area contributed by atoms with E-state index in [1.165, 1.54) is 47.4 Å². The van der Waals surface area contributed by atoms with Crippen LogP contribution in [0.2, 0.25) is 5.02 Å². The lowest BCUT2D eigenvalue weighted by molar-refractivity contribution is -0.140. The molecule has 0 saturated heterocycles. The van der Waals surface area contributed by atoms with Crippen LogP contribution in [0.3, 0.4) is 0 Å². The third-order valence-corrected chi connectivity index (χ3v) is 8.21. The van der Waals surface area contributed by atoms with E-state index in [0.717, 1.165) is 17.1 Å². The molecule has 1 atom stereocenters. The van der Waals surface area contributed by atoms with Gasteiger partial charge in [0.25, 0.3) is 10.0 Å². The molecule has 0 aliphatic carbocycles. The Labute approximate surface area is 234 Å². The molecular weight excluding hydrogens is 541 g/mol. The van der Waals surface area contributed by atoms with Gasteiger partial charge in [0.1, 0.15) is 18.4 Å². The molecule has 0 fully saturated rings. The Morgan fingerprint density at radius 3 is 2.28 bits per heavy atom. The number of unbranched alkanes of at least 4 members (excludes halogenated alkanes) is 1. The van der Waals surface area contributed by atoms with Crippen LogP contribution < -0.4 is 9.62 Å². The van der Waals surface area contributed by atoms with Crippen LogP contribution in [0.5, 0.6) is 0 Å².